The molecule has 0 aliphatic heterocycles. The molecule has 4 aromatic rings. The van der Waals surface area contributed by atoms with Crippen molar-refractivity contribution in [1.82, 2.24) is 0 Å². The first kappa shape index (κ1) is 21.4. The number of Topliss-reactive ketones (excluding diaryl/α,β-unsaturated/α-hetero) is 1. The quantitative estimate of drug-likeness (QED) is 0.249. The Morgan fingerprint density at radius 2 is 1.48 bits per heavy atom. The maximum Gasteiger partial charge on any atom is 0.271 e. The van der Waals surface area contributed by atoms with E-state index in [0.717, 1.165) is 16.0 Å². The molecule has 1 aromatic heterocycles. The largest absolute Gasteiger partial charge is 0.293 e. The zero-order valence-corrected chi connectivity index (χ0v) is 18.8. The van der Waals surface area contributed by atoms with Crippen LogP contribution < -0.4 is 4.72 Å². The lowest BCUT2D eigenvalue weighted by Gasteiger charge is -2.07. The van der Waals surface area contributed by atoms with Crippen LogP contribution in [0.25, 0.3) is 11.1 Å². The van der Waals surface area contributed by atoms with E-state index < -0.39 is 10.0 Å². The summed E-state index contributed by atoms with van der Waals surface area (Å²) in [6.45, 7) is 0. The van der Waals surface area contributed by atoms with Gasteiger partial charge in [-0.25, -0.2) is 8.42 Å². The molecule has 1 heterocycles. The number of benzene rings is 3. The second kappa shape index (κ2) is 9.51. The zero-order valence-electron chi connectivity index (χ0n) is 16.4. The molecule has 0 saturated carbocycles. The Hall–Kier alpha value is -2.87. The normalized spacial score (nSPS) is 11.2. The summed E-state index contributed by atoms with van der Waals surface area (Å²) in [6, 6.07) is 27.9. The van der Waals surface area contributed by atoms with E-state index in [1.807, 2.05) is 66.7 Å². The molecule has 4 nitrogen and oxygen atoms in total. The first-order chi connectivity index (χ1) is 15.0. The minimum absolute atomic E-state index is 0.0482. The predicted octanol–water partition coefficient (Wildman–Crippen LogP) is 6.19. The van der Waals surface area contributed by atoms with Crippen LogP contribution in [0.2, 0.25) is 0 Å². The third kappa shape index (κ3) is 5.44. The van der Waals surface area contributed by atoms with Gasteiger partial charge in [-0.2, -0.15) is 0 Å². The maximum atomic E-state index is 12.5. The van der Waals surface area contributed by atoms with Crippen LogP contribution in [-0.2, 0) is 10.0 Å². The molecular formula is C24H19NO3S3. The third-order valence-corrected chi connectivity index (χ3v) is 8.34. The van der Waals surface area contributed by atoms with E-state index >= 15 is 0 Å². The number of rotatable bonds is 8. The Morgan fingerprint density at radius 3 is 2.13 bits per heavy atom. The van der Waals surface area contributed by atoms with Crippen molar-refractivity contribution < 1.29 is 13.2 Å². The van der Waals surface area contributed by atoms with Crippen LogP contribution in [0.1, 0.15) is 10.4 Å². The second-order valence-corrected chi connectivity index (χ2v) is 10.6. The molecule has 0 amide bonds. The molecule has 4 rings (SSSR count). The summed E-state index contributed by atoms with van der Waals surface area (Å²) >= 11 is 2.59. The number of thiophene rings is 1. The Balaban J connectivity index is 1.34. The average Bonchev–Trinajstić information content (AvgIpc) is 3.35. The van der Waals surface area contributed by atoms with Gasteiger partial charge in [-0.15, -0.1) is 23.1 Å². The van der Waals surface area contributed by atoms with Gasteiger partial charge < -0.3 is 0 Å². The van der Waals surface area contributed by atoms with Crippen molar-refractivity contribution in [3.63, 3.8) is 0 Å². The second-order valence-electron chi connectivity index (χ2n) is 6.72. The van der Waals surface area contributed by atoms with Gasteiger partial charge in [-0.1, -0.05) is 60.7 Å². The molecule has 31 heavy (non-hydrogen) atoms. The van der Waals surface area contributed by atoms with Crippen molar-refractivity contribution in [1.29, 1.82) is 0 Å². The van der Waals surface area contributed by atoms with E-state index in [9.17, 15) is 13.2 Å². The van der Waals surface area contributed by atoms with E-state index in [1.54, 1.807) is 29.6 Å². The molecule has 0 unspecified atom stereocenters. The smallest absolute Gasteiger partial charge is 0.271 e. The maximum absolute atomic E-state index is 12.5. The van der Waals surface area contributed by atoms with E-state index in [-0.39, 0.29) is 9.99 Å². The molecule has 0 spiro atoms. The van der Waals surface area contributed by atoms with Gasteiger partial charge in [-0.3, -0.25) is 9.52 Å². The number of anilines is 1. The Kier molecular flexibility index (Phi) is 6.56. The lowest BCUT2D eigenvalue weighted by molar-refractivity contribution is 0.102. The summed E-state index contributed by atoms with van der Waals surface area (Å²) in [5.41, 5.74) is 3.35. The fourth-order valence-electron chi connectivity index (χ4n) is 2.95. The molecule has 156 valence electrons. The molecule has 0 aliphatic rings. The van der Waals surface area contributed by atoms with Gasteiger partial charge in [0.05, 0.1) is 5.75 Å². The standard InChI is InChI=1S/C24H19NO3S3/c26-23(20-10-8-19(9-11-20)18-5-2-1-3-6-18)17-30-22-14-12-21(13-15-22)25-31(27,28)24-7-4-16-29-24/h1-16,25H,17H2. The van der Waals surface area contributed by atoms with Crippen molar-refractivity contribution in [3.8, 4) is 11.1 Å². The Bertz CT molecular complexity index is 1250. The molecule has 0 aliphatic carbocycles. The van der Waals surface area contributed by atoms with Gasteiger partial charge in [0.1, 0.15) is 4.21 Å². The Labute approximate surface area is 190 Å². The highest BCUT2D eigenvalue weighted by atomic mass is 32.2. The van der Waals surface area contributed by atoms with Crippen LogP contribution in [-0.4, -0.2) is 20.0 Å². The van der Waals surface area contributed by atoms with Crippen LogP contribution in [0.3, 0.4) is 0 Å². The SMILES string of the molecule is O=C(CSc1ccc(NS(=O)(=O)c2cccs2)cc1)c1ccc(-c2ccccc2)cc1. The number of hydrogen-bond donors (Lipinski definition) is 1. The van der Waals surface area contributed by atoms with Crippen LogP contribution in [0.5, 0.6) is 0 Å². The zero-order chi connectivity index (χ0) is 21.7. The molecule has 0 atom stereocenters. The summed E-state index contributed by atoms with van der Waals surface area (Å²) in [5.74, 6) is 0.359. The van der Waals surface area contributed by atoms with Gasteiger partial charge in [0.2, 0.25) is 0 Å². The van der Waals surface area contributed by atoms with Gasteiger partial charge in [0.25, 0.3) is 10.0 Å². The van der Waals surface area contributed by atoms with Gasteiger partial charge in [0.15, 0.2) is 5.78 Å². The number of ketones is 1. The number of sulfonamides is 1. The van der Waals surface area contributed by atoms with Crippen molar-refractivity contribution in [2.75, 3.05) is 10.5 Å². The summed E-state index contributed by atoms with van der Waals surface area (Å²) in [6.07, 6.45) is 0. The first-order valence-corrected chi connectivity index (χ1v) is 12.8. The topological polar surface area (TPSA) is 63.2 Å². The highest BCUT2D eigenvalue weighted by Gasteiger charge is 2.15. The number of carbonyl (C=O) groups is 1. The molecule has 0 saturated heterocycles. The van der Waals surface area contributed by atoms with Crippen molar-refractivity contribution in [2.45, 2.75) is 9.10 Å². The van der Waals surface area contributed by atoms with Crippen LogP contribution in [0, 0.1) is 0 Å². The first-order valence-electron chi connectivity index (χ1n) is 9.49. The molecular weight excluding hydrogens is 446 g/mol. The van der Waals surface area contributed by atoms with Gasteiger partial charge >= 0.3 is 0 Å². The van der Waals surface area contributed by atoms with E-state index in [4.69, 9.17) is 0 Å². The molecule has 1 N–H and O–H groups in total. The van der Waals surface area contributed by atoms with Crippen molar-refractivity contribution >= 4 is 44.6 Å². The minimum atomic E-state index is -3.56. The Morgan fingerprint density at radius 1 is 0.806 bits per heavy atom. The molecule has 7 heteroatoms. The highest BCUT2D eigenvalue weighted by Crippen LogP contribution is 2.25. The van der Waals surface area contributed by atoms with E-state index in [0.29, 0.717) is 17.0 Å². The van der Waals surface area contributed by atoms with Crippen LogP contribution in [0.15, 0.2) is 105 Å². The van der Waals surface area contributed by atoms with E-state index in [2.05, 4.69) is 4.72 Å². The lowest BCUT2D eigenvalue weighted by Crippen LogP contribution is -2.11. The number of hydrogen-bond acceptors (Lipinski definition) is 5. The summed E-state index contributed by atoms with van der Waals surface area (Å²) < 4.78 is 27.4. The van der Waals surface area contributed by atoms with E-state index in [1.165, 1.54) is 23.1 Å². The summed E-state index contributed by atoms with van der Waals surface area (Å²) in [4.78, 5) is 13.4. The predicted molar refractivity (Wildman–Crippen MR) is 129 cm³/mol. The van der Waals surface area contributed by atoms with Crippen LogP contribution in [0.4, 0.5) is 5.69 Å². The fourth-order valence-corrected chi connectivity index (χ4v) is 5.80. The molecule has 0 radical (unpaired) electrons. The number of nitrogens with one attached hydrogen (secondary N) is 1. The third-order valence-electron chi connectivity index (χ3n) is 4.55. The highest BCUT2D eigenvalue weighted by molar-refractivity contribution is 8.00. The molecule has 0 bridgehead atoms. The van der Waals surface area contributed by atoms with Crippen molar-refractivity contribution in [2.24, 2.45) is 0 Å². The fraction of sp³-hybridized carbons (Fsp3) is 0.0417. The van der Waals surface area contributed by atoms with Crippen molar-refractivity contribution in [3.05, 3.63) is 102 Å². The molecule has 3 aromatic carbocycles. The van der Waals surface area contributed by atoms with Crippen LogP contribution >= 0.6 is 23.1 Å². The summed E-state index contributed by atoms with van der Waals surface area (Å²) in [7, 11) is -3.56. The number of thioether (sulfide) groups is 1. The number of carbonyl (C=O) groups excluding carboxylic acids is 1. The monoisotopic (exact) mass is 465 g/mol. The lowest BCUT2D eigenvalue weighted by atomic mass is 10.0. The minimum Gasteiger partial charge on any atom is -0.293 e. The average molecular weight is 466 g/mol. The summed E-state index contributed by atoms with van der Waals surface area (Å²) in [5, 5.41) is 1.72. The van der Waals surface area contributed by atoms with Gasteiger partial charge in [0, 0.05) is 16.1 Å². The van der Waals surface area contributed by atoms with Gasteiger partial charge in [-0.05, 0) is 46.8 Å². The molecule has 0 fully saturated rings.